The Bertz CT molecular complexity index is 784. The molecule has 1 aromatic heterocycles. The van der Waals surface area contributed by atoms with Crippen molar-refractivity contribution in [2.75, 3.05) is 18.4 Å². The number of hydrogen-bond donors (Lipinski definition) is 3. The summed E-state index contributed by atoms with van der Waals surface area (Å²) in [5, 5.41) is 14.9. The summed E-state index contributed by atoms with van der Waals surface area (Å²) in [7, 11) is 0. The average molecular weight is 353 g/mol. The lowest BCUT2D eigenvalue weighted by molar-refractivity contribution is 0.0951. The molecule has 3 atom stereocenters. The monoisotopic (exact) mass is 353 g/mol. The van der Waals surface area contributed by atoms with E-state index in [1.165, 1.54) is 24.0 Å². The lowest BCUT2D eigenvalue weighted by Crippen LogP contribution is -2.33. The number of carbonyl (C=O) groups excluding carboxylic acids is 1. The van der Waals surface area contributed by atoms with Gasteiger partial charge in [-0.25, -0.2) is 0 Å². The molecule has 4 nitrogen and oxygen atoms in total. The predicted octanol–water partition coefficient (Wildman–Crippen LogP) is 3.71. The number of nitrogens with one attached hydrogen (secondary N) is 3. The summed E-state index contributed by atoms with van der Waals surface area (Å²) in [6, 6.07) is 9.03. The molecule has 2 fully saturated rings. The van der Waals surface area contributed by atoms with E-state index in [9.17, 15) is 4.79 Å². The summed E-state index contributed by atoms with van der Waals surface area (Å²) < 4.78 is 0. The second-order valence-corrected chi connectivity index (χ2v) is 8.30. The number of rotatable bonds is 4. The van der Waals surface area contributed by atoms with Crippen molar-refractivity contribution in [3.63, 3.8) is 0 Å². The highest BCUT2D eigenvalue weighted by atomic mass is 32.1. The van der Waals surface area contributed by atoms with Gasteiger partial charge in [0.2, 0.25) is 0 Å². The Morgan fingerprint density at radius 3 is 2.92 bits per heavy atom. The summed E-state index contributed by atoms with van der Waals surface area (Å²) >= 11 is 1.75. The highest BCUT2D eigenvalue weighted by Gasteiger charge is 2.40. The quantitative estimate of drug-likeness (QED) is 0.785. The lowest BCUT2D eigenvalue weighted by Gasteiger charge is -2.37. The number of thiophene rings is 1. The van der Waals surface area contributed by atoms with Crippen molar-refractivity contribution in [3.8, 4) is 0 Å². The Hall–Kier alpha value is -1.85. The number of anilines is 1. The molecule has 1 amide bonds. The van der Waals surface area contributed by atoms with Crippen LogP contribution >= 0.6 is 11.3 Å². The van der Waals surface area contributed by atoms with Crippen LogP contribution in [-0.2, 0) is 0 Å². The van der Waals surface area contributed by atoms with Crippen molar-refractivity contribution < 1.29 is 4.79 Å². The summed E-state index contributed by atoms with van der Waals surface area (Å²) in [5.41, 5.74) is 4.56. The molecule has 130 valence electrons. The minimum atomic E-state index is 0.0594. The second kappa shape index (κ2) is 6.15. The van der Waals surface area contributed by atoms with E-state index >= 15 is 0 Å². The second-order valence-electron chi connectivity index (χ2n) is 7.52. The first-order valence-corrected chi connectivity index (χ1v) is 10.2. The highest BCUT2D eigenvalue weighted by molar-refractivity contribution is 7.08. The molecular weight excluding hydrogens is 330 g/mol. The Morgan fingerprint density at radius 2 is 2.12 bits per heavy atom. The molecule has 1 aromatic carbocycles. The Labute approximate surface area is 152 Å². The van der Waals surface area contributed by atoms with E-state index in [2.05, 4.69) is 44.9 Å². The van der Waals surface area contributed by atoms with Gasteiger partial charge in [-0.3, -0.25) is 4.79 Å². The van der Waals surface area contributed by atoms with Gasteiger partial charge in [-0.2, -0.15) is 11.3 Å². The van der Waals surface area contributed by atoms with Crippen LogP contribution in [0, 0.1) is 11.8 Å². The van der Waals surface area contributed by atoms with Crippen LogP contribution in [0.3, 0.4) is 0 Å². The van der Waals surface area contributed by atoms with Crippen molar-refractivity contribution in [2.45, 2.75) is 31.3 Å². The van der Waals surface area contributed by atoms with Crippen molar-refractivity contribution in [1.29, 1.82) is 0 Å². The molecule has 1 saturated heterocycles. The maximum Gasteiger partial charge on any atom is 0.251 e. The smallest absolute Gasteiger partial charge is 0.251 e. The molecule has 0 bridgehead atoms. The van der Waals surface area contributed by atoms with E-state index in [1.807, 2.05) is 6.07 Å². The van der Waals surface area contributed by atoms with Crippen LogP contribution in [0.4, 0.5) is 5.69 Å². The number of benzene rings is 1. The van der Waals surface area contributed by atoms with E-state index in [4.69, 9.17) is 0 Å². The maximum atomic E-state index is 12.5. The zero-order valence-corrected chi connectivity index (χ0v) is 14.9. The molecule has 2 aromatic rings. The number of fused-ring (bicyclic) bond motifs is 3. The van der Waals surface area contributed by atoms with E-state index in [1.54, 1.807) is 11.3 Å². The third-order valence-electron chi connectivity index (χ3n) is 5.81. The van der Waals surface area contributed by atoms with Crippen LogP contribution in [0.2, 0.25) is 0 Å². The van der Waals surface area contributed by atoms with E-state index in [0.717, 1.165) is 30.8 Å². The predicted molar refractivity (Wildman–Crippen MR) is 101 cm³/mol. The van der Waals surface area contributed by atoms with Crippen LogP contribution in [0.25, 0.3) is 0 Å². The van der Waals surface area contributed by atoms with Gasteiger partial charge in [-0.05, 0) is 77.9 Å². The van der Waals surface area contributed by atoms with Gasteiger partial charge in [0, 0.05) is 29.8 Å². The first-order chi connectivity index (χ1) is 12.3. The van der Waals surface area contributed by atoms with Crippen LogP contribution in [0.5, 0.6) is 0 Å². The van der Waals surface area contributed by atoms with Crippen LogP contribution in [0.15, 0.2) is 35.0 Å². The minimum Gasteiger partial charge on any atom is -0.378 e. The first kappa shape index (κ1) is 15.4. The molecule has 3 heterocycles. The standard InChI is InChI=1S/C20H23N3OS/c24-20(22-10-12-1-2-12)13-3-4-17-16(9-13)19-15(5-7-21-19)18(23-17)14-6-8-25-11-14/h3-4,6,8-9,11-12,15,18-19,21,23H,1-2,5,7,10H2,(H,22,24)/t15-,18?,19-/m0/s1. The number of amides is 1. The minimum absolute atomic E-state index is 0.0594. The fourth-order valence-corrected chi connectivity index (χ4v) is 4.93. The third kappa shape index (κ3) is 2.85. The largest absolute Gasteiger partial charge is 0.378 e. The number of carbonyl (C=O) groups is 1. The molecule has 0 spiro atoms. The molecule has 1 unspecified atom stereocenters. The molecule has 1 aliphatic carbocycles. The Morgan fingerprint density at radius 1 is 1.20 bits per heavy atom. The molecule has 3 aliphatic rings. The van der Waals surface area contributed by atoms with Gasteiger partial charge in [0.15, 0.2) is 0 Å². The average Bonchev–Trinajstić information content (AvgIpc) is 3.11. The van der Waals surface area contributed by atoms with Crippen molar-refractivity contribution in [3.05, 3.63) is 51.7 Å². The van der Waals surface area contributed by atoms with Gasteiger partial charge in [-0.1, -0.05) is 0 Å². The molecule has 5 heteroatoms. The lowest BCUT2D eigenvalue weighted by atomic mass is 9.80. The molecular formula is C20H23N3OS. The van der Waals surface area contributed by atoms with Gasteiger partial charge in [0.25, 0.3) is 5.91 Å². The van der Waals surface area contributed by atoms with Crippen LogP contribution < -0.4 is 16.0 Å². The summed E-state index contributed by atoms with van der Waals surface area (Å²) in [4.78, 5) is 12.5. The molecule has 25 heavy (non-hydrogen) atoms. The van der Waals surface area contributed by atoms with Gasteiger partial charge in [-0.15, -0.1) is 0 Å². The van der Waals surface area contributed by atoms with Gasteiger partial charge in [0.1, 0.15) is 0 Å². The van der Waals surface area contributed by atoms with Gasteiger partial charge < -0.3 is 16.0 Å². The molecule has 0 radical (unpaired) electrons. The van der Waals surface area contributed by atoms with Crippen LogP contribution in [0.1, 0.15) is 52.8 Å². The van der Waals surface area contributed by atoms with E-state index < -0.39 is 0 Å². The molecule has 3 N–H and O–H groups in total. The van der Waals surface area contributed by atoms with Gasteiger partial charge in [0.05, 0.1) is 6.04 Å². The fourth-order valence-electron chi connectivity index (χ4n) is 4.23. The molecule has 2 aliphatic heterocycles. The summed E-state index contributed by atoms with van der Waals surface area (Å²) in [6.07, 6.45) is 3.67. The third-order valence-corrected chi connectivity index (χ3v) is 6.51. The maximum absolute atomic E-state index is 12.5. The SMILES string of the molecule is O=C(NCC1CC1)c1ccc2c(c1)[C@H]1NCC[C@H]1C(c1ccsc1)N2. The van der Waals surface area contributed by atoms with Gasteiger partial charge >= 0.3 is 0 Å². The molecule has 1 saturated carbocycles. The summed E-state index contributed by atoms with van der Waals surface area (Å²) in [5.74, 6) is 1.30. The topological polar surface area (TPSA) is 53.2 Å². The van der Waals surface area contributed by atoms with Crippen LogP contribution in [-0.4, -0.2) is 19.0 Å². The van der Waals surface area contributed by atoms with Crippen molar-refractivity contribution in [2.24, 2.45) is 11.8 Å². The fraction of sp³-hybridized carbons (Fsp3) is 0.450. The number of hydrogen-bond acceptors (Lipinski definition) is 4. The van der Waals surface area contributed by atoms with Crippen molar-refractivity contribution in [1.82, 2.24) is 10.6 Å². The van der Waals surface area contributed by atoms with E-state index in [0.29, 0.717) is 23.9 Å². The van der Waals surface area contributed by atoms with E-state index in [-0.39, 0.29) is 5.91 Å². The Kier molecular flexibility index (Phi) is 3.79. The van der Waals surface area contributed by atoms with Crippen molar-refractivity contribution >= 4 is 22.9 Å². The zero-order chi connectivity index (χ0) is 16.8. The first-order valence-electron chi connectivity index (χ1n) is 9.24. The molecule has 5 rings (SSSR count). The Balaban J connectivity index is 1.43. The highest BCUT2D eigenvalue weighted by Crippen LogP contribution is 2.47. The summed E-state index contributed by atoms with van der Waals surface area (Å²) in [6.45, 7) is 1.86. The zero-order valence-electron chi connectivity index (χ0n) is 14.1. The normalized spacial score (nSPS) is 27.3.